The first-order chi connectivity index (χ1) is 7.74. The molecule has 0 bridgehead atoms. The second-order valence-electron chi connectivity index (χ2n) is 3.20. The van der Waals surface area contributed by atoms with Gasteiger partial charge in [0.1, 0.15) is 18.0 Å². The van der Waals surface area contributed by atoms with Crippen LogP contribution in [0.1, 0.15) is 5.56 Å². The first-order valence-corrected chi connectivity index (χ1v) is 5.47. The maximum Gasteiger partial charge on any atom is 0.202 e. The van der Waals surface area contributed by atoms with Gasteiger partial charge in [0.2, 0.25) is 5.13 Å². The van der Waals surface area contributed by atoms with Crippen molar-refractivity contribution < 1.29 is 8.78 Å². The summed E-state index contributed by atoms with van der Waals surface area (Å²) in [6.07, 6.45) is 1.99. The number of aromatic nitrogens is 2. The van der Waals surface area contributed by atoms with Gasteiger partial charge in [-0.2, -0.15) is 4.37 Å². The van der Waals surface area contributed by atoms with Gasteiger partial charge in [0.15, 0.2) is 0 Å². The Labute approximate surface area is 95.3 Å². The standard InChI is InChI=1S/C10H9F2N3S/c11-8-3-7(4-9(12)5-8)1-2-13-10-14-6-15-16-10/h3-6H,1-2H2,(H,13,14,15). The molecule has 2 aromatic rings. The predicted octanol–water partition coefficient (Wildman–Crippen LogP) is 2.47. The van der Waals surface area contributed by atoms with Crippen LogP contribution in [0.2, 0.25) is 0 Å². The first kappa shape index (κ1) is 10.9. The molecule has 0 radical (unpaired) electrons. The minimum absolute atomic E-state index is 0.536. The molecule has 0 amide bonds. The van der Waals surface area contributed by atoms with Gasteiger partial charge in [0, 0.05) is 24.1 Å². The van der Waals surface area contributed by atoms with Crippen LogP contribution in [0.3, 0.4) is 0 Å². The van der Waals surface area contributed by atoms with Crippen LogP contribution in [-0.2, 0) is 6.42 Å². The van der Waals surface area contributed by atoms with Crippen molar-refractivity contribution in [1.29, 1.82) is 0 Å². The highest BCUT2D eigenvalue weighted by molar-refractivity contribution is 7.09. The highest BCUT2D eigenvalue weighted by Gasteiger charge is 2.01. The second kappa shape index (κ2) is 4.98. The zero-order valence-corrected chi connectivity index (χ0v) is 9.10. The number of hydrogen-bond donors (Lipinski definition) is 1. The molecule has 0 aliphatic heterocycles. The Morgan fingerprint density at radius 3 is 2.56 bits per heavy atom. The fourth-order valence-corrected chi connectivity index (χ4v) is 1.78. The number of halogens is 2. The molecule has 1 aromatic heterocycles. The van der Waals surface area contributed by atoms with Gasteiger partial charge in [-0.3, -0.25) is 0 Å². The molecular formula is C10H9F2N3S. The summed E-state index contributed by atoms with van der Waals surface area (Å²) in [5.74, 6) is -1.10. The molecule has 0 aliphatic carbocycles. The van der Waals surface area contributed by atoms with Crippen LogP contribution in [0.15, 0.2) is 24.5 Å². The van der Waals surface area contributed by atoms with Crippen LogP contribution in [0.5, 0.6) is 0 Å². The Hall–Kier alpha value is -1.56. The molecule has 16 heavy (non-hydrogen) atoms. The number of anilines is 1. The van der Waals surface area contributed by atoms with Gasteiger partial charge in [-0.25, -0.2) is 13.8 Å². The van der Waals surface area contributed by atoms with E-state index in [1.165, 1.54) is 30.0 Å². The Morgan fingerprint density at radius 2 is 1.94 bits per heavy atom. The molecule has 6 heteroatoms. The van der Waals surface area contributed by atoms with Crippen molar-refractivity contribution in [3.05, 3.63) is 41.7 Å². The summed E-state index contributed by atoms with van der Waals surface area (Å²) >= 11 is 1.24. The van der Waals surface area contributed by atoms with E-state index in [1.54, 1.807) is 0 Å². The zero-order chi connectivity index (χ0) is 11.4. The number of benzene rings is 1. The smallest absolute Gasteiger partial charge is 0.202 e. The Balaban J connectivity index is 1.89. The zero-order valence-electron chi connectivity index (χ0n) is 8.28. The Kier molecular flexibility index (Phi) is 3.40. The van der Waals surface area contributed by atoms with Gasteiger partial charge >= 0.3 is 0 Å². The minimum atomic E-state index is -0.550. The summed E-state index contributed by atoms with van der Waals surface area (Å²) in [6.45, 7) is 0.568. The highest BCUT2D eigenvalue weighted by atomic mass is 32.1. The minimum Gasteiger partial charge on any atom is -0.360 e. The van der Waals surface area contributed by atoms with E-state index < -0.39 is 11.6 Å². The SMILES string of the molecule is Fc1cc(F)cc(CCNc2ncns2)c1. The van der Waals surface area contributed by atoms with E-state index in [-0.39, 0.29) is 0 Å². The third kappa shape index (κ3) is 2.96. The van der Waals surface area contributed by atoms with E-state index in [0.29, 0.717) is 23.7 Å². The summed E-state index contributed by atoms with van der Waals surface area (Å²) in [6, 6.07) is 3.51. The molecular weight excluding hydrogens is 232 g/mol. The van der Waals surface area contributed by atoms with E-state index >= 15 is 0 Å². The largest absolute Gasteiger partial charge is 0.360 e. The van der Waals surface area contributed by atoms with E-state index in [9.17, 15) is 8.78 Å². The summed E-state index contributed by atoms with van der Waals surface area (Å²) in [7, 11) is 0. The summed E-state index contributed by atoms with van der Waals surface area (Å²) in [5.41, 5.74) is 0.620. The van der Waals surface area contributed by atoms with Crippen molar-refractivity contribution in [2.24, 2.45) is 0 Å². The molecule has 3 nitrogen and oxygen atoms in total. The number of nitrogens with zero attached hydrogens (tertiary/aromatic N) is 2. The maximum atomic E-state index is 12.8. The molecule has 0 aliphatic rings. The van der Waals surface area contributed by atoms with Crippen LogP contribution < -0.4 is 5.32 Å². The summed E-state index contributed by atoms with van der Waals surface area (Å²) in [5, 5.41) is 3.72. The highest BCUT2D eigenvalue weighted by Crippen LogP contribution is 2.10. The molecule has 0 saturated carbocycles. The lowest BCUT2D eigenvalue weighted by Gasteiger charge is -2.03. The quantitative estimate of drug-likeness (QED) is 0.893. The molecule has 0 unspecified atom stereocenters. The number of hydrogen-bond acceptors (Lipinski definition) is 4. The third-order valence-electron chi connectivity index (χ3n) is 1.97. The average molecular weight is 241 g/mol. The van der Waals surface area contributed by atoms with Crippen LogP contribution >= 0.6 is 11.5 Å². The topological polar surface area (TPSA) is 37.8 Å². The predicted molar refractivity (Wildman–Crippen MR) is 58.5 cm³/mol. The van der Waals surface area contributed by atoms with E-state index in [2.05, 4.69) is 14.7 Å². The van der Waals surface area contributed by atoms with Crippen molar-refractivity contribution in [2.75, 3.05) is 11.9 Å². The van der Waals surface area contributed by atoms with E-state index in [1.807, 2.05) is 0 Å². The van der Waals surface area contributed by atoms with Gasteiger partial charge < -0.3 is 5.32 Å². The molecule has 0 fully saturated rings. The monoisotopic (exact) mass is 241 g/mol. The van der Waals surface area contributed by atoms with Crippen molar-refractivity contribution in [3.63, 3.8) is 0 Å². The van der Waals surface area contributed by atoms with Crippen molar-refractivity contribution >= 4 is 16.7 Å². The van der Waals surface area contributed by atoms with Crippen molar-refractivity contribution in [3.8, 4) is 0 Å². The molecule has 0 spiro atoms. The molecule has 0 atom stereocenters. The van der Waals surface area contributed by atoms with Crippen molar-refractivity contribution in [2.45, 2.75) is 6.42 Å². The Morgan fingerprint density at radius 1 is 1.19 bits per heavy atom. The van der Waals surface area contributed by atoms with Gasteiger partial charge in [-0.15, -0.1) is 0 Å². The van der Waals surface area contributed by atoms with Gasteiger partial charge in [-0.1, -0.05) is 0 Å². The lowest BCUT2D eigenvalue weighted by atomic mass is 10.1. The molecule has 2 rings (SSSR count). The van der Waals surface area contributed by atoms with Crippen LogP contribution in [0.25, 0.3) is 0 Å². The van der Waals surface area contributed by atoms with Gasteiger partial charge in [-0.05, 0) is 24.1 Å². The summed E-state index contributed by atoms with van der Waals surface area (Å²) in [4.78, 5) is 3.93. The van der Waals surface area contributed by atoms with Gasteiger partial charge in [0.25, 0.3) is 0 Å². The molecule has 1 heterocycles. The van der Waals surface area contributed by atoms with Crippen LogP contribution in [0.4, 0.5) is 13.9 Å². The molecule has 84 valence electrons. The van der Waals surface area contributed by atoms with Crippen LogP contribution in [0, 0.1) is 11.6 Å². The maximum absolute atomic E-state index is 12.8. The molecule has 1 aromatic carbocycles. The fraction of sp³-hybridized carbons (Fsp3) is 0.200. The fourth-order valence-electron chi connectivity index (χ4n) is 1.32. The second-order valence-corrected chi connectivity index (χ2v) is 3.98. The number of nitrogens with one attached hydrogen (secondary N) is 1. The third-order valence-corrected chi connectivity index (χ3v) is 2.60. The van der Waals surface area contributed by atoms with Crippen LogP contribution in [-0.4, -0.2) is 15.9 Å². The van der Waals surface area contributed by atoms with Gasteiger partial charge in [0.05, 0.1) is 0 Å². The van der Waals surface area contributed by atoms with E-state index in [4.69, 9.17) is 0 Å². The molecule has 1 N–H and O–H groups in total. The van der Waals surface area contributed by atoms with Crippen molar-refractivity contribution in [1.82, 2.24) is 9.36 Å². The normalized spacial score (nSPS) is 10.4. The first-order valence-electron chi connectivity index (χ1n) is 4.69. The average Bonchev–Trinajstić information content (AvgIpc) is 2.69. The lowest BCUT2D eigenvalue weighted by Crippen LogP contribution is -2.04. The molecule has 0 saturated heterocycles. The summed E-state index contributed by atoms with van der Waals surface area (Å²) < 4.78 is 29.5. The van der Waals surface area contributed by atoms with E-state index in [0.717, 1.165) is 6.07 Å². The lowest BCUT2D eigenvalue weighted by molar-refractivity contribution is 0.580. The Bertz CT molecular complexity index is 439. The number of rotatable bonds is 4.